The minimum absolute atomic E-state index is 0.872. The van der Waals surface area contributed by atoms with E-state index in [0.717, 1.165) is 34.5 Å². The van der Waals surface area contributed by atoms with Gasteiger partial charge in [-0.15, -0.1) is 0 Å². The number of nitrogens with zero attached hydrogens (tertiary/aromatic N) is 2. The van der Waals surface area contributed by atoms with Crippen LogP contribution in [0.2, 0.25) is 0 Å². The van der Waals surface area contributed by atoms with Gasteiger partial charge in [-0.3, -0.25) is 0 Å². The first-order valence-electron chi connectivity index (χ1n) is 6.94. The molecule has 0 unspecified atom stereocenters. The van der Waals surface area contributed by atoms with Gasteiger partial charge in [-0.1, -0.05) is 24.3 Å². The molecule has 0 spiro atoms. The molecule has 0 aliphatic carbocycles. The van der Waals surface area contributed by atoms with Crippen molar-refractivity contribution in [1.82, 2.24) is 9.38 Å². The number of benzene rings is 1. The van der Waals surface area contributed by atoms with E-state index in [1.165, 1.54) is 11.1 Å². The predicted octanol–water partition coefficient (Wildman–Crippen LogP) is 4.20. The largest absolute Gasteiger partial charge is 0.496 e. The Balaban J connectivity index is 1.91. The molecular formula is C17H17BrN2O. The Morgan fingerprint density at radius 2 is 1.95 bits per heavy atom. The minimum Gasteiger partial charge on any atom is -0.496 e. The van der Waals surface area contributed by atoms with Crippen LogP contribution >= 0.6 is 15.9 Å². The molecule has 4 heteroatoms. The van der Waals surface area contributed by atoms with Gasteiger partial charge >= 0.3 is 0 Å². The zero-order valence-corrected chi connectivity index (χ0v) is 13.7. The lowest BCUT2D eigenvalue weighted by molar-refractivity contribution is 0.409. The zero-order valence-electron chi connectivity index (χ0n) is 12.1. The lowest BCUT2D eigenvalue weighted by atomic mass is 10.1. The molecule has 0 aliphatic rings. The standard InChI is InChI=1S/C17H17BrN2O/c1-12-6-5-11-20-15(19-17(18)16(12)20)10-9-13-7-3-4-8-14(13)21-2/h3-8,11H,9-10H2,1-2H3. The van der Waals surface area contributed by atoms with Gasteiger partial charge in [0.2, 0.25) is 0 Å². The van der Waals surface area contributed by atoms with Gasteiger partial charge in [0.25, 0.3) is 0 Å². The average molecular weight is 345 g/mol. The number of methoxy groups -OCH3 is 1. The maximum absolute atomic E-state index is 5.41. The molecule has 1 aromatic carbocycles. The first-order valence-corrected chi connectivity index (χ1v) is 7.74. The predicted molar refractivity (Wildman–Crippen MR) is 88.0 cm³/mol. The van der Waals surface area contributed by atoms with Crippen LogP contribution in [0.4, 0.5) is 0 Å². The first-order chi connectivity index (χ1) is 10.2. The van der Waals surface area contributed by atoms with Crippen LogP contribution in [0.5, 0.6) is 5.75 Å². The zero-order chi connectivity index (χ0) is 14.8. The van der Waals surface area contributed by atoms with Crippen molar-refractivity contribution in [2.24, 2.45) is 0 Å². The van der Waals surface area contributed by atoms with Crippen LogP contribution in [0.3, 0.4) is 0 Å². The highest BCUT2D eigenvalue weighted by atomic mass is 79.9. The second-order valence-electron chi connectivity index (χ2n) is 5.04. The number of fused-ring (bicyclic) bond motifs is 1. The third-order valence-electron chi connectivity index (χ3n) is 3.71. The Bertz CT molecular complexity index is 780. The molecule has 3 rings (SSSR count). The summed E-state index contributed by atoms with van der Waals surface area (Å²) in [7, 11) is 1.71. The fraction of sp³-hybridized carbons (Fsp3) is 0.235. The van der Waals surface area contributed by atoms with Crippen molar-refractivity contribution in [2.75, 3.05) is 7.11 Å². The van der Waals surface area contributed by atoms with Crippen molar-refractivity contribution >= 4 is 21.4 Å². The van der Waals surface area contributed by atoms with E-state index in [-0.39, 0.29) is 0 Å². The summed E-state index contributed by atoms with van der Waals surface area (Å²) >= 11 is 3.57. The summed E-state index contributed by atoms with van der Waals surface area (Å²) in [5.74, 6) is 2.00. The van der Waals surface area contributed by atoms with Crippen molar-refractivity contribution < 1.29 is 4.74 Å². The Hall–Kier alpha value is -1.81. The number of para-hydroxylation sites is 1. The van der Waals surface area contributed by atoms with Gasteiger partial charge in [-0.2, -0.15) is 0 Å². The SMILES string of the molecule is COc1ccccc1CCc1nc(Br)c2c(C)cccn12. The summed E-state index contributed by atoms with van der Waals surface area (Å²) < 4.78 is 8.48. The van der Waals surface area contributed by atoms with Gasteiger partial charge in [0.05, 0.1) is 12.6 Å². The molecule has 0 amide bonds. The monoisotopic (exact) mass is 344 g/mol. The van der Waals surface area contributed by atoms with Gasteiger partial charge < -0.3 is 9.14 Å². The van der Waals surface area contributed by atoms with E-state index in [1.807, 2.05) is 18.2 Å². The summed E-state index contributed by atoms with van der Waals surface area (Å²) in [4.78, 5) is 4.66. The van der Waals surface area contributed by atoms with E-state index in [1.54, 1.807) is 7.11 Å². The van der Waals surface area contributed by atoms with E-state index in [4.69, 9.17) is 4.74 Å². The summed E-state index contributed by atoms with van der Waals surface area (Å²) in [5, 5.41) is 0. The normalized spacial score (nSPS) is 11.0. The van der Waals surface area contributed by atoms with Crippen LogP contribution in [-0.4, -0.2) is 16.5 Å². The summed E-state index contributed by atoms with van der Waals surface area (Å²) in [6, 6.07) is 12.3. The molecule has 21 heavy (non-hydrogen) atoms. The number of ether oxygens (including phenoxy) is 1. The third-order valence-corrected chi connectivity index (χ3v) is 4.26. The van der Waals surface area contributed by atoms with Crippen molar-refractivity contribution in [3.8, 4) is 5.75 Å². The number of hydrogen-bond donors (Lipinski definition) is 0. The van der Waals surface area contributed by atoms with E-state index in [2.05, 4.69) is 56.6 Å². The second-order valence-corrected chi connectivity index (χ2v) is 5.79. The molecule has 0 aliphatic heterocycles. The number of halogens is 1. The molecule has 3 aromatic rings. The molecule has 0 bridgehead atoms. The van der Waals surface area contributed by atoms with Crippen LogP contribution in [0, 0.1) is 6.92 Å². The molecule has 108 valence electrons. The summed E-state index contributed by atoms with van der Waals surface area (Å²) in [6.07, 6.45) is 3.84. The Morgan fingerprint density at radius 1 is 1.14 bits per heavy atom. The van der Waals surface area contributed by atoms with E-state index in [0.29, 0.717) is 0 Å². The molecule has 0 fully saturated rings. The van der Waals surface area contributed by atoms with E-state index < -0.39 is 0 Å². The van der Waals surface area contributed by atoms with E-state index in [9.17, 15) is 0 Å². The summed E-state index contributed by atoms with van der Waals surface area (Å²) in [5.41, 5.74) is 3.58. The average Bonchev–Trinajstić information content (AvgIpc) is 2.83. The number of pyridine rings is 1. The highest BCUT2D eigenvalue weighted by Crippen LogP contribution is 2.24. The van der Waals surface area contributed by atoms with Crippen LogP contribution in [0.15, 0.2) is 47.2 Å². The lowest BCUT2D eigenvalue weighted by Gasteiger charge is -2.07. The lowest BCUT2D eigenvalue weighted by Crippen LogP contribution is -2.00. The molecular weight excluding hydrogens is 328 g/mol. The molecule has 0 saturated heterocycles. The highest BCUT2D eigenvalue weighted by molar-refractivity contribution is 9.10. The van der Waals surface area contributed by atoms with Gasteiger partial charge in [-0.05, 0) is 52.5 Å². The maximum Gasteiger partial charge on any atom is 0.132 e. The number of hydrogen-bond acceptors (Lipinski definition) is 2. The number of aromatic nitrogens is 2. The minimum atomic E-state index is 0.872. The van der Waals surface area contributed by atoms with Crippen LogP contribution in [-0.2, 0) is 12.8 Å². The smallest absolute Gasteiger partial charge is 0.132 e. The molecule has 0 saturated carbocycles. The number of rotatable bonds is 4. The molecule has 3 nitrogen and oxygen atoms in total. The van der Waals surface area contributed by atoms with Crippen molar-refractivity contribution in [1.29, 1.82) is 0 Å². The number of aryl methyl sites for hydroxylation is 3. The van der Waals surface area contributed by atoms with Gasteiger partial charge in [0.15, 0.2) is 0 Å². The van der Waals surface area contributed by atoms with Crippen molar-refractivity contribution in [3.63, 3.8) is 0 Å². The molecule has 2 aromatic heterocycles. The summed E-state index contributed by atoms with van der Waals surface area (Å²) in [6.45, 7) is 2.10. The van der Waals surface area contributed by atoms with Crippen molar-refractivity contribution in [3.05, 3.63) is 64.1 Å². The second kappa shape index (κ2) is 5.90. The van der Waals surface area contributed by atoms with Gasteiger partial charge in [0, 0.05) is 12.6 Å². The van der Waals surface area contributed by atoms with Gasteiger partial charge in [0.1, 0.15) is 16.2 Å². The topological polar surface area (TPSA) is 26.5 Å². The van der Waals surface area contributed by atoms with Crippen LogP contribution in [0.1, 0.15) is 17.0 Å². The van der Waals surface area contributed by atoms with Crippen LogP contribution in [0.25, 0.3) is 5.52 Å². The Labute approximate surface area is 132 Å². The molecule has 0 radical (unpaired) electrons. The fourth-order valence-electron chi connectivity index (χ4n) is 2.65. The molecule has 0 atom stereocenters. The maximum atomic E-state index is 5.41. The van der Waals surface area contributed by atoms with Gasteiger partial charge in [-0.25, -0.2) is 4.98 Å². The highest BCUT2D eigenvalue weighted by Gasteiger charge is 2.11. The van der Waals surface area contributed by atoms with Crippen LogP contribution < -0.4 is 4.74 Å². The van der Waals surface area contributed by atoms with Crippen molar-refractivity contribution in [2.45, 2.75) is 19.8 Å². The first kappa shape index (κ1) is 14.1. The fourth-order valence-corrected chi connectivity index (χ4v) is 3.35. The Kier molecular flexibility index (Phi) is 3.97. The number of imidazole rings is 1. The molecule has 0 N–H and O–H groups in total. The quantitative estimate of drug-likeness (QED) is 0.709. The van der Waals surface area contributed by atoms with E-state index >= 15 is 0 Å². The molecule has 2 heterocycles. The third kappa shape index (κ3) is 2.68. The Morgan fingerprint density at radius 3 is 2.76 bits per heavy atom.